The van der Waals surface area contributed by atoms with Crippen molar-refractivity contribution in [2.45, 2.75) is 24.9 Å². The molecule has 2 aromatic rings. The predicted molar refractivity (Wildman–Crippen MR) is 96.8 cm³/mol. The molecule has 5 heteroatoms. The third kappa shape index (κ3) is 5.22. The van der Waals surface area contributed by atoms with E-state index in [4.69, 9.17) is 9.47 Å². The molecule has 0 spiro atoms. The van der Waals surface area contributed by atoms with Gasteiger partial charge in [0.15, 0.2) is 0 Å². The SMILES string of the molecule is COc1ccc(OCCN[C@H](C(=O)NC2CC2)c2ccccc2)cc1. The van der Waals surface area contributed by atoms with Gasteiger partial charge in [-0.2, -0.15) is 0 Å². The number of carbonyl (C=O) groups excluding carboxylic acids is 1. The number of rotatable bonds is 9. The first-order chi connectivity index (χ1) is 12.3. The molecule has 0 bridgehead atoms. The van der Waals surface area contributed by atoms with Crippen LogP contribution in [-0.2, 0) is 4.79 Å². The lowest BCUT2D eigenvalue weighted by Gasteiger charge is -2.19. The standard InChI is InChI=1S/C20H24N2O3/c1-24-17-9-11-18(12-10-17)25-14-13-21-19(15-5-3-2-4-6-15)20(23)22-16-7-8-16/h2-6,9-12,16,19,21H,7-8,13-14H2,1H3,(H,22,23)/t19-/m0/s1. The minimum absolute atomic E-state index is 0.0261. The van der Waals surface area contributed by atoms with E-state index in [0.717, 1.165) is 29.9 Å². The molecular weight excluding hydrogens is 316 g/mol. The van der Waals surface area contributed by atoms with Crippen molar-refractivity contribution in [1.29, 1.82) is 0 Å². The minimum Gasteiger partial charge on any atom is -0.497 e. The maximum Gasteiger partial charge on any atom is 0.241 e. The number of ether oxygens (including phenoxy) is 2. The highest BCUT2D eigenvalue weighted by Crippen LogP contribution is 2.21. The maximum absolute atomic E-state index is 12.5. The Kier molecular flexibility index (Phi) is 5.90. The highest BCUT2D eigenvalue weighted by atomic mass is 16.5. The van der Waals surface area contributed by atoms with E-state index in [0.29, 0.717) is 19.2 Å². The van der Waals surface area contributed by atoms with E-state index in [1.807, 2.05) is 54.6 Å². The lowest BCUT2D eigenvalue weighted by atomic mass is 10.1. The molecule has 2 aromatic carbocycles. The van der Waals surface area contributed by atoms with E-state index in [1.165, 1.54) is 0 Å². The van der Waals surface area contributed by atoms with Crippen LogP contribution in [0.25, 0.3) is 0 Å². The average molecular weight is 340 g/mol. The van der Waals surface area contributed by atoms with Crippen molar-refractivity contribution in [2.24, 2.45) is 0 Å². The molecule has 0 aliphatic heterocycles. The number of hydrogen-bond donors (Lipinski definition) is 2. The molecule has 132 valence electrons. The zero-order chi connectivity index (χ0) is 17.5. The van der Waals surface area contributed by atoms with Crippen molar-refractivity contribution in [3.8, 4) is 11.5 Å². The molecule has 25 heavy (non-hydrogen) atoms. The van der Waals surface area contributed by atoms with Gasteiger partial charge in [0.05, 0.1) is 7.11 Å². The van der Waals surface area contributed by atoms with Crippen molar-refractivity contribution in [2.75, 3.05) is 20.3 Å². The summed E-state index contributed by atoms with van der Waals surface area (Å²) in [5.74, 6) is 1.60. The number of nitrogens with one attached hydrogen (secondary N) is 2. The first-order valence-corrected chi connectivity index (χ1v) is 8.62. The van der Waals surface area contributed by atoms with Crippen LogP contribution in [0.1, 0.15) is 24.4 Å². The minimum atomic E-state index is -0.360. The number of methoxy groups -OCH3 is 1. The molecule has 0 saturated heterocycles. The first kappa shape index (κ1) is 17.3. The van der Waals surface area contributed by atoms with Gasteiger partial charge in [0.2, 0.25) is 5.91 Å². The van der Waals surface area contributed by atoms with E-state index in [-0.39, 0.29) is 11.9 Å². The van der Waals surface area contributed by atoms with Gasteiger partial charge in [-0.1, -0.05) is 30.3 Å². The van der Waals surface area contributed by atoms with Gasteiger partial charge >= 0.3 is 0 Å². The van der Waals surface area contributed by atoms with Crippen LogP contribution < -0.4 is 20.1 Å². The molecule has 0 radical (unpaired) electrons. The molecule has 0 heterocycles. The van der Waals surface area contributed by atoms with E-state index < -0.39 is 0 Å². The van der Waals surface area contributed by atoms with Gasteiger partial charge < -0.3 is 14.8 Å². The first-order valence-electron chi connectivity index (χ1n) is 8.62. The van der Waals surface area contributed by atoms with Crippen LogP contribution in [0.3, 0.4) is 0 Å². The summed E-state index contributed by atoms with van der Waals surface area (Å²) in [6.07, 6.45) is 2.15. The van der Waals surface area contributed by atoms with Crippen molar-refractivity contribution >= 4 is 5.91 Å². The predicted octanol–water partition coefficient (Wildman–Crippen LogP) is 2.68. The number of hydrogen-bond acceptors (Lipinski definition) is 4. The molecule has 1 saturated carbocycles. The zero-order valence-corrected chi connectivity index (χ0v) is 14.4. The molecule has 1 amide bonds. The molecule has 3 rings (SSSR count). The highest BCUT2D eigenvalue weighted by molar-refractivity contribution is 5.83. The maximum atomic E-state index is 12.5. The van der Waals surface area contributed by atoms with Crippen LogP contribution in [0.4, 0.5) is 0 Å². The normalized spacial score (nSPS) is 14.6. The third-order valence-corrected chi connectivity index (χ3v) is 4.10. The third-order valence-electron chi connectivity index (χ3n) is 4.10. The molecule has 2 N–H and O–H groups in total. The average Bonchev–Trinajstić information content (AvgIpc) is 3.47. The largest absolute Gasteiger partial charge is 0.497 e. The Balaban J connectivity index is 1.52. The zero-order valence-electron chi connectivity index (χ0n) is 14.4. The van der Waals surface area contributed by atoms with Crippen LogP contribution >= 0.6 is 0 Å². The Morgan fingerprint density at radius 2 is 1.76 bits per heavy atom. The Morgan fingerprint density at radius 1 is 1.08 bits per heavy atom. The summed E-state index contributed by atoms with van der Waals surface area (Å²) >= 11 is 0. The van der Waals surface area contributed by atoms with Gasteiger partial charge in [0.25, 0.3) is 0 Å². The van der Waals surface area contributed by atoms with Gasteiger partial charge in [-0.25, -0.2) is 0 Å². The van der Waals surface area contributed by atoms with E-state index in [1.54, 1.807) is 7.11 Å². The smallest absolute Gasteiger partial charge is 0.241 e. The van der Waals surface area contributed by atoms with E-state index in [9.17, 15) is 4.79 Å². The quantitative estimate of drug-likeness (QED) is 0.689. The monoisotopic (exact) mass is 340 g/mol. The second-order valence-corrected chi connectivity index (χ2v) is 6.10. The van der Waals surface area contributed by atoms with Crippen molar-refractivity contribution < 1.29 is 14.3 Å². The number of benzene rings is 2. The molecule has 0 aromatic heterocycles. The van der Waals surface area contributed by atoms with E-state index >= 15 is 0 Å². The second kappa shape index (κ2) is 8.53. The summed E-state index contributed by atoms with van der Waals surface area (Å²) in [4.78, 5) is 12.5. The fraction of sp³-hybridized carbons (Fsp3) is 0.350. The van der Waals surface area contributed by atoms with Gasteiger partial charge in [0, 0.05) is 12.6 Å². The van der Waals surface area contributed by atoms with Gasteiger partial charge in [-0.3, -0.25) is 10.1 Å². The van der Waals surface area contributed by atoms with Gasteiger partial charge in [-0.05, 0) is 42.7 Å². The van der Waals surface area contributed by atoms with Crippen LogP contribution in [0.2, 0.25) is 0 Å². The summed E-state index contributed by atoms with van der Waals surface area (Å²) in [6.45, 7) is 1.05. The van der Waals surface area contributed by atoms with Crippen molar-refractivity contribution in [3.05, 3.63) is 60.2 Å². The summed E-state index contributed by atoms with van der Waals surface area (Å²) in [5.41, 5.74) is 0.963. The molecule has 0 unspecified atom stereocenters. The topological polar surface area (TPSA) is 59.6 Å². The fourth-order valence-corrected chi connectivity index (χ4v) is 2.56. The van der Waals surface area contributed by atoms with Crippen LogP contribution in [-0.4, -0.2) is 32.2 Å². The van der Waals surface area contributed by atoms with Crippen LogP contribution in [0.15, 0.2) is 54.6 Å². The Labute approximate surface area is 148 Å². The molecule has 1 aliphatic rings. The summed E-state index contributed by atoms with van der Waals surface area (Å²) in [5, 5.41) is 6.37. The number of carbonyl (C=O) groups is 1. The van der Waals surface area contributed by atoms with Crippen molar-refractivity contribution in [3.63, 3.8) is 0 Å². The second-order valence-electron chi connectivity index (χ2n) is 6.10. The summed E-state index contributed by atoms with van der Waals surface area (Å²) in [6, 6.07) is 17.2. The Hall–Kier alpha value is -2.53. The van der Waals surface area contributed by atoms with Gasteiger partial charge in [-0.15, -0.1) is 0 Å². The van der Waals surface area contributed by atoms with Crippen molar-refractivity contribution in [1.82, 2.24) is 10.6 Å². The van der Waals surface area contributed by atoms with Crippen LogP contribution in [0, 0.1) is 0 Å². The molecule has 5 nitrogen and oxygen atoms in total. The lowest BCUT2D eigenvalue weighted by Crippen LogP contribution is -2.40. The molecular formula is C20H24N2O3. The molecule has 1 atom stereocenters. The molecule has 1 fully saturated rings. The van der Waals surface area contributed by atoms with Crippen LogP contribution in [0.5, 0.6) is 11.5 Å². The highest BCUT2D eigenvalue weighted by Gasteiger charge is 2.28. The summed E-state index contributed by atoms with van der Waals surface area (Å²) in [7, 11) is 1.64. The molecule has 1 aliphatic carbocycles. The Bertz CT molecular complexity index is 669. The lowest BCUT2D eigenvalue weighted by molar-refractivity contribution is -0.123. The summed E-state index contributed by atoms with van der Waals surface area (Å²) < 4.78 is 10.8. The Morgan fingerprint density at radius 3 is 2.40 bits per heavy atom. The van der Waals surface area contributed by atoms with E-state index in [2.05, 4.69) is 10.6 Å². The number of amides is 1. The van der Waals surface area contributed by atoms with Gasteiger partial charge in [0.1, 0.15) is 24.1 Å². The fourth-order valence-electron chi connectivity index (χ4n) is 2.56.